The van der Waals surface area contributed by atoms with Crippen LogP contribution in [0.5, 0.6) is 0 Å². The van der Waals surface area contributed by atoms with Gasteiger partial charge in [-0.3, -0.25) is 4.90 Å². The molecule has 0 amide bonds. The number of azo groups is 1. The molecule has 4 rings (SSSR count). The van der Waals surface area contributed by atoms with Crippen LogP contribution in [0.3, 0.4) is 0 Å². The zero-order valence-electron chi connectivity index (χ0n) is 15.2. The van der Waals surface area contributed by atoms with Crippen LogP contribution in [0.1, 0.15) is 23.1 Å². The second-order valence-electron chi connectivity index (χ2n) is 6.90. The molecule has 7 heteroatoms. The van der Waals surface area contributed by atoms with E-state index in [4.69, 9.17) is 4.74 Å². The van der Waals surface area contributed by atoms with Crippen LogP contribution in [0.15, 0.2) is 52.8 Å². The predicted octanol–water partition coefficient (Wildman–Crippen LogP) is 3.26. The fraction of sp³-hybridized carbons (Fsp3) is 0.450. The molecule has 2 atom stereocenters. The van der Waals surface area contributed by atoms with Gasteiger partial charge in [0.15, 0.2) is 0 Å². The number of morpholine rings is 1. The molecule has 1 fully saturated rings. The van der Waals surface area contributed by atoms with Crippen LogP contribution in [0.25, 0.3) is 0 Å². The summed E-state index contributed by atoms with van der Waals surface area (Å²) in [5.74, 6) is 0.782. The van der Waals surface area contributed by atoms with Gasteiger partial charge >= 0.3 is 0 Å². The Labute approximate surface area is 158 Å². The van der Waals surface area contributed by atoms with Crippen LogP contribution in [-0.4, -0.2) is 55.8 Å². The van der Waals surface area contributed by atoms with Crippen molar-refractivity contribution in [1.29, 1.82) is 0 Å². The standard InChI is InChI=1S/C20H24FN5O/c21-17-3-1-15(2-4-17)20-18(14-24-25-20)16-5-6-22-19(13-16)23-7-8-26-9-11-27-12-10-26/h1-6,13,18,20H,7-12,14H2,(H,22,23). The van der Waals surface area contributed by atoms with E-state index in [0.29, 0.717) is 6.54 Å². The van der Waals surface area contributed by atoms with E-state index in [1.54, 1.807) is 12.1 Å². The summed E-state index contributed by atoms with van der Waals surface area (Å²) in [6, 6.07) is 10.6. The van der Waals surface area contributed by atoms with Crippen LogP contribution in [0, 0.1) is 5.82 Å². The number of aromatic nitrogens is 1. The molecular weight excluding hydrogens is 345 g/mol. The smallest absolute Gasteiger partial charge is 0.126 e. The molecule has 0 saturated carbocycles. The number of anilines is 1. The van der Waals surface area contributed by atoms with Crippen LogP contribution < -0.4 is 5.32 Å². The van der Waals surface area contributed by atoms with Crippen molar-refractivity contribution in [2.75, 3.05) is 51.3 Å². The summed E-state index contributed by atoms with van der Waals surface area (Å²) >= 11 is 0. The lowest BCUT2D eigenvalue weighted by Gasteiger charge is -2.26. The molecule has 2 unspecified atom stereocenters. The molecule has 2 aromatic rings. The van der Waals surface area contributed by atoms with Crippen molar-refractivity contribution in [3.63, 3.8) is 0 Å². The molecule has 0 aliphatic carbocycles. The molecule has 27 heavy (non-hydrogen) atoms. The molecule has 1 saturated heterocycles. The Morgan fingerprint density at radius 2 is 1.93 bits per heavy atom. The number of nitrogens with zero attached hydrogens (tertiary/aromatic N) is 4. The second kappa shape index (κ2) is 8.54. The number of pyridine rings is 1. The third kappa shape index (κ3) is 4.48. The van der Waals surface area contributed by atoms with Crippen molar-refractivity contribution >= 4 is 5.82 Å². The summed E-state index contributed by atoms with van der Waals surface area (Å²) in [4.78, 5) is 6.83. The van der Waals surface area contributed by atoms with Gasteiger partial charge in [0.1, 0.15) is 17.7 Å². The van der Waals surface area contributed by atoms with Crippen molar-refractivity contribution in [2.24, 2.45) is 10.2 Å². The number of hydrogen-bond donors (Lipinski definition) is 1. The summed E-state index contributed by atoms with van der Waals surface area (Å²) in [7, 11) is 0. The highest BCUT2D eigenvalue weighted by molar-refractivity contribution is 5.40. The number of nitrogens with one attached hydrogen (secondary N) is 1. The van der Waals surface area contributed by atoms with Gasteiger partial charge in [0.05, 0.1) is 19.8 Å². The van der Waals surface area contributed by atoms with Gasteiger partial charge in [0.25, 0.3) is 0 Å². The third-order valence-electron chi connectivity index (χ3n) is 5.13. The van der Waals surface area contributed by atoms with Gasteiger partial charge in [-0.05, 0) is 35.4 Å². The topological polar surface area (TPSA) is 62.1 Å². The molecular formula is C20H24FN5O. The van der Waals surface area contributed by atoms with Gasteiger partial charge in [0.2, 0.25) is 0 Å². The van der Waals surface area contributed by atoms with E-state index in [-0.39, 0.29) is 17.8 Å². The SMILES string of the molecule is Fc1ccc(C2N=NCC2c2ccnc(NCCN3CCOCC3)c2)cc1. The van der Waals surface area contributed by atoms with Gasteiger partial charge in [-0.15, -0.1) is 0 Å². The van der Waals surface area contributed by atoms with Crippen molar-refractivity contribution in [3.8, 4) is 0 Å². The summed E-state index contributed by atoms with van der Waals surface area (Å²) in [5.41, 5.74) is 2.14. The molecule has 6 nitrogen and oxygen atoms in total. The van der Waals surface area contributed by atoms with Crippen molar-refractivity contribution < 1.29 is 9.13 Å². The van der Waals surface area contributed by atoms with Gasteiger partial charge in [-0.25, -0.2) is 9.37 Å². The largest absolute Gasteiger partial charge is 0.379 e. The molecule has 1 N–H and O–H groups in total. The minimum absolute atomic E-state index is 0.0748. The highest BCUT2D eigenvalue weighted by atomic mass is 19.1. The maximum absolute atomic E-state index is 13.2. The van der Waals surface area contributed by atoms with Crippen LogP contribution in [0.4, 0.5) is 10.2 Å². The van der Waals surface area contributed by atoms with E-state index in [9.17, 15) is 4.39 Å². The Bertz CT molecular complexity index is 776. The molecule has 3 heterocycles. The van der Waals surface area contributed by atoms with Crippen molar-refractivity contribution in [2.45, 2.75) is 12.0 Å². The van der Waals surface area contributed by atoms with E-state index in [2.05, 4.69) is 31.5 Å². The Morgan fingerprint density at radius 1 is 1.11 bits per heavy atom. The average molecular weight is 369 g/mol. The summed E-state index contributed by atoms with van der Waals surface area (Å²) in [6.07, 6.45) is 1.83. The molecule has 0 bridgehead atoms. The fourth-order valence-corrected chi connectivity index (χ4v) is 3.59. The lowest BCUT2D eigenvalue weighted by molar-refractivity contribution is 0.0398. The predicted molar refractivity (Wildman–Crippen MR) is 102 cm³/mol. The Morgan fingerprint density at radius 3 is 2.74 bits per heavy atom. The summed E-state index contributed by atoms with van der Waals surface area (Å²) in [5, 5.41) is 12.0. The van der Waals surface area contributed by atoms with Gasteiger partial charge in [-0.1, -0.05) is 12.1 Å². The number of halogens is 1. The van der Waals surface area contributed by atoms with E-state index >= 15 is 0 Å². The second-order valence-corrected chi connectivity index (χ2v) is 6.90. The Hall–Kier alpha value is -2.38. The average Bonchev–Trinajstić information content (AvgIpc) is 3.20. The highest BCUT2D eigenvalue weighted by Gasteiger charge is 2.29. The minimum Gasteiger partial charge on any atom is -0.379 e. The molecule has 0 radical (unpaired) electrons. The van der Waals surface area contributed by atoms with Crippen molar-refractivity contribution in [3.05, 3.63) is 59.5 Å². The van der Waals surface area contributed by atoms with Crippen LogP contribution in [0.2, 0.25) is 0 Å². The monoisotopic (exact) mass is 369 g/mol. The number of benzene rings is 1. The van der Waals surface area contributed by atoms with Crippen LogP contribution >= 0.6 is 0 Å². The lowest BCUT2D eigenvalue weighted by atomic mass is 9.89. The van der Waals surface area contributed by atoms with Gasteiger partial charge < -0.3 is 10.1 Å². The molecule has 2 aliphatic rings. The third-order valence-corrected chi connectivity index (χ3v) is 5.13. The van der Waals surface area contributed by atoms with Crippen molar-refractivity contribution in [1.82, 2.24) is 9.88 Å². The first kappa shape index (κ1) is 18.0. The highest BCUT2D eigenvalue weighted by Crippen LogP contribution is 2.39. The molecule has 142 valence electrons. The van der Waals surface area contributed by atoms with Gasteiger partial charge in [-0.2, -0.15) is 10.2 Å². The van der Waals surface area contributed by atoms with Gasteiger partial charge in [0, 0.05) is 38.3 Å². The molecule has 1 aromatic heterocycles. The fourth-order valence-electron chi connectivity index (χ4n) is 3.59. The first-order chi connectivity index (χ1) is 13.3. The maximum atomic E-state index is 13.2. The normalized spacial score (nSPS) is 22.9. The van der Waals surface area contributed by atoms with E-state index in [0.717, 1.165) is 56.3 Å². The first-order valence-corrected chi connectivity index (χ1v) is 9.41. The number of ether oxygens (including phenoxy) is 1. The van der Waals surface area contributed by atoms with E-state index in [1.807, 2.05) is 12.3 Å². The Kier molecular flexibility index (Phi) is 5.69. The molecule has 1 aromatic carbocycles. The molecule has 0 spiro atoms. The summed E-state index contributed by atoms with van der Waals surface area (Å²) < 4.78 is 18.6. The lowest BCUT2D eigenvalue weighted by Crippen LogP contribution is -2.39. The zero-order valence-corrected chi connectivity index (χ0v) is 15.2. The number of rotatable bonds is 6. The summed E-state index contributed by atoms with van der Waals surface area (Å²) in [6.45, 7) is 6.05. The van der Waals surface area contributed by atoms with E-state index in [1.165, 1.54) is 12.1 Å². The molecule has 2 aliphatic heterocycles. The zero-order chi connectivity index (χ0) is 18.5. The quantitative estimate of drug-likeness (QED) is 0.849. The minimum atomic E-state index is -0.235. The first-order valence-electron chi connectivity index (χ1n) is 9.41. The number of hydrogen-bond acceptors (Lipinski definition) is 6. The maximum Gasteiger partial charge on any atom is 0.126 e. The van der Waals surface area contributed by atoms with Crippen LogP contribution in [-0.2, 0) is 4.74 Å². The van der Waals surface area contributed by atoms with E-state index < -0.39 is 0 Å². The Balaban J connectivity index is 1.39.